The Kier molecular flexibility index (Phi) is 33.9. The van der Waals surface area contributed by atoms with Crippen molar-refractivity contribution in [1.82, 2.24) is 4.98 Å². The molecule has 284 valence electrons. The molecule has 2 heteroatoms. The SMILES string of the molecule is CCCCCCCCCCCCCCCCC(CCCCCCCCCCCCCCCC)c1[nH]cc[n+]1C(C)CCCCCCCC. The summed E-state index contributed by atoms with van der Waals surface area (Å²) in [5, 5.41) is 0. The van der Waals surface area contributed by atoms with Gasteiger partial charge >= 0.3 is 0 Å². The summed E-state index contributed by atoms with van der Waals surface area (Å²) in [6, 6.07) is 0.618. The molecule has 0 spiro atoms. The van der Waals surface area contributed by atoms with E-state index in [2.05, 4.69) is 49.6 Å². The smallest absolute Gasteiger partial charge is 0.247 e. The number of rotatable bonds is 39. The molecule has 48 heavy (non-hydrogen) atoms. The average Bonchev–Trinajstić information content (AvgIpc) is 3.59. The van der Waals surface area contributed by atoms with Crippen LogP contribution in [0.25, 0.3) is 0 Å². The van der Waals surface area contributed by atoms with E-state index in [9.17, 15) is 0 Å². The lowest BCUT2D eigenvalue weighted by Crippen LogP contribution is -2.41. The molecule has 1 N–H and O–H groups in total. The fourth-order valence-electron chi connectivity index (χ4n) is 8.02. The van der Waals surface area contributed by atoms with Crippen LogP contribution in [-0.4, -0.2) is 4.98 Å². The average molecular weight is 672 g/mol. The maximum atomic E-state index is 3.77. The van der Waals surface area contributed by atoms with Crippen LogP contribution < -0.4 is 4.57 Å². The molecule has 1 atom stereocenters. The second kappa shape index (κ2) is 36.0. The Morgan fingerprint density at radius 3 is 0.979 bits per heavy atom. The number of aromatic amines is 1. The summed E-state index contributed by atoms with van der Waals surface area (Å²) in [6.07, 6.45) is 57.6. The van der Waals surface area contributed by atoms with Gasteiger partial charge in [-0.1, -0.05) is 233 Å². The first-order valence-corrected chi connectivity index (χ1v) is 22.8. The molecule has 2 nitrogen and oxygen atoms in total. The van der Waals surface area contributed by atoms with Crippen molar-refractivity contribution in [2.45, 2.75) is 277 Å². The highest BCUT2D eigenvalue weighted by Gasteiger charge is 2.25. The molecule has 0 saturated carbocycles. The Hall–Kier alpha value is -0.790. The van der Waals surface area contributed by atoms with Crippen LogP contribution in [0.5, 0.6) is 0 Å². The molecule has 1 aromatic rings. The van der Waals surface area contributed by atoms with Gasteiger partial charge in [-0.25, -0.2) is 9.55 Å². The maximum absolute atomic E-state index is 3.77. The topological polar surface area (TPSA) is 19.7 Å². The largest absolute Gasteiger partial charge is 0.257 e. The molecule has 0 amide bonds. The summed E-state index contributed by atoms with van der Waals surface area (Å²) in [4.78, 5) is 3.77. The standard InChI is InChI=1S/C46H90N2/c1-5-8-11-14-17-19-21-23-25-27-29-31-34-37-40-45(41-38-35-32-30-28-26-24-22-20-18-15-12-9-6-2)46-47-42-43-48(46)44(4)39-36-33-16-13-10-7-3/h42-45H,5-41H2,1-4H3/p+1. The van der Waals surface area contributed by atoms with Crippen LogP contribution in [-0.2, 0) is 0 Å². The fraction of sp³-hybridized carbons (Fsp3) is 0.935. The molecule has 0 bridgehead atoms. The van der Waals surface area contributed by atoms with Crippen molar-refractivity contribution >= 4 is 0 Å². The Labute approximate surface area is 304 Å². The zero-order valence-electron chi connectivity index (χ0n) is 33.9. The van der Waals surface area contributed by atoms with Crippen molar-refractivity contribution in [1.29, 1.82) is 0 Å². The zero-order valence-corrected chi connectivity index (χ0v) is 33.9. The summed E-state index contributed by atoms with van der Waals surface area (Å²) in [7, 11) is 0. The number of aromatic nitrogens is 2. The van der Waals surface area contributed by atoms with Crippen molar-refractivity contribution in [2.75, 3.05) is 0 Å². The van der Waals surface area contributed by atoms with Gasteiger partial charge in [0.05, 0.1) is 12.0 Å². The zero-order chi connectivity index (χ0) is 34.6. The molecule has 0 fully saturated rings. The van der Waals surface area contributed by atoms with Crippen LogP contribution in [0.2, 0.25) is 0 Å². The summed E-state index contributed by atoms with van der Waals surface area (Å²) < 4.78 is 2.64. The van der Waals surface area contributed by atoms with Crippen molar-refractivity contribution in [3.63, 3.8) is 0 Å². The Morgan fingerprint density at radius 1 is 0.396 bits per heavy atom. The molecule has 1 rings (SSSR count). The molecule has 0 aliphatic rings. The normalized spacial score (nSPS) is 12.4. The lowest BCUT2D eigenvalue weighted by atomic mass is 9.92. The summed E-state index contributed by atoms with van der Waals surface area (Å²) in [5.74, 6) is 2.25. The van der Waals surface area contributed by atoms with Gasteiger partial charge in [0.15, 0.2) is 0 Å². The lowest BCUT2D eigenvalue weighted by Gasteiger charge is -2.17. The molecule has 0 aromatic carbocycles. The number of nitrogens with one attached hydrogen (secondary N) is 1. The first kappa shape index (κ1) is 45.2. The van der Waals surface area contributed by atoms with E-state index in [0.29, 0.717) is 12.0 Å². The van der Waals surface area contributed by atoms with E-state index in [-0.39, 0.29) is 0 Å². The van der Waals surface area contributed by atoms with Gasteiger partial charge in [-0.05, 0) is 32.6 Å². The van der Waals surface area contributed by atoms with E-state index in [1.54, 1.807) is 0 Å². The van der Waals surface area contributed by atoms with Gasteiger partial charge in [0.2, 0.25) is 0 Å². The van der Waals surface area contributed by atoms with Gasteiger partial charge in [-0.15, -0.1) is 0 Å². The first-order chi connectivity index (χ1) is 23.7. The third-order valence-corrected chi connectivity index (χ3v) is 11.4. The third-order valence-electron chi connectivity index (χ3n) is 11.4. The summed E-state index contributed by atoms with van der Waals surface area (Å²) in [5.41, 5.74) is 0. The van der Waals surface area contributed by atoms with E-state index in [1.165, 1.54) is 243 Å². The maximum Gasteiger partial charge on any atom is 0.257 e. The number of unbranched alkanes of at least 4 members (excludes halogenated alkanes) is 31. The molecular formula is C46H91N2+. The first-order valence-electron chi connectivity index (χ1n) is 22.8. The molecule has 0 aliphatic carbocycles. The summed E-state index contributed by atoms with van der Waals surface area (Å²) >= 11 is 0. The van der Waals surface area contributed by atoms with Gasteiger partial charge in [0.25, 0.3) is 5.82 Å². The Bertz CT molecular complexity index is 706. The molecule has 1 aromatic heterocycles. The van der Waals surface area contributed by atoms with Crippen LogP contribution >= 0.6 is 0 Å². The van der Waals surface area contributed by atoms with E-state index in [1.807, 2.05) is 0 Å². The van der Waals surface area contributed by atoms with Crippen molar-refractivity contribution < 1.29 is 4.57 Å². The van der Waals surface area contributed by atoms with E-state index in [4.69, 9.17) is 0 Å². The van der Waals surface area contributed by atoms with Crippen molar-refractivity contribution in [2.24, 2.45) is 0 Å². The summed E-state index contributed by atoms with van der Waals surface area (Å²) in [6.45, 7) is 9.42. The van der Waals surface area contributed by atoms with Crippen LogP contribution in [0.4, 0.5) is 0 Å². The Morgan fingerprint density at radius 2 is 0.667 bits per heavy atom. The van der Waals surface area contributed by atoms with Crippen LogP contribution in [0.3, 0.4) is 0 Å². The van der Waals surface area contributed by atoms with Gasteiger partial charge in [-0.2, -0.15) is 0 Å². The highest BCUT2D eigenvalue weighted by Crippen LogP contribution is 2.27. The van der Waals surface area contributed by atoms with E-state index in [0.717, 1.165) is 0 Å². The molecule has 0 saturated heterocycles. The second-order valence-electron chi connectivity index (χ2n) is 16.1. The minimum absolute atomic E-state index is 0.618. The predicted octanol–water partition coefficient (Wildman–Crippen LogP) is 16.4. The lowest BCUT2D eigenvalue weighted by molar-refractivity contribution is -0.727. The van der Waals surface area contributed by atoms with Gasteiger partial charge in [0.1, 0.15) is 12.4 Å². The van der Waals surface area contributed by atoms with Gasteiger partial charge < -0.3 is 0 Å². The monoisotopic (exact) mass is 672 g/mol. The Balaban J connectivity index is 2.35. The number of nitrogens with zero attached hydrogens (tertiary/aromatic N) is 1. The number of hydrogen-bond acceptors (Lipinski definition) is 0. The third kappa shape index (κ3) is 27.0. The van der Waals surface area contributed by atoms with Crippen molar-refractivity contribution in [3.8, 4) is 0 Å². The number of imidazole rings is 1. The van der Waals surface area contributed by atoms with E-state index >= 15 is 0 Å². The fourth-order valence-corrected chi connectivity index (χ4v) is 8.02. The molecular weight excluding hydrogens is 581 g/mol. The van der Waals surface area contributed by atoms with Crippen LogP contribution in [0, 0.1) is 0 Å². The minimum Gasteiger partial charge on any atom is -0.247 e. The van der Waals surface area contributed by atoms with E-state index < -0.39 is 0 Å². The molecule has 0 radical (unpaired) electrons. The number of hydrogen-bond donors (Lipinski definition) is 1. The number of H-pyrrole nitrogens is 1. The quantitative estimate of drug-likeness (QED) is 0.0531. The molecule has 1 unspecified atom stereocenters. The second-order valence-corrected chi connectivity index (χ2v) is 16.1. The van der Waals surface area contributed by atoms with Gasteiger partial charge in [-0.3, -0.25) is 0 Å². The molecule has 1 heterocycles. The van der Waals surface area contributed by atoms with Crippen LogP contribution in [0.15, 0.2) is 12.4 Å². The van der Waals surface area contributed by atoms with Gasteiger partial charge in [0, 0.05) is 0 Å². The highest BCUT2D eigenvalue weighted by molar-refractivity contribution is 4.90. The predicted molar refractivity (Wildman–Crippen MR) is 216 cm³/mol. The van der Waals surface area contributed by atoms with Crippen molar-refractivity contribution in [3.05, 3.63) is 18.2 Å². The molecule has 0 aliphatic heterocycles. The highest BCUT2D eigenvalue weighted by atomic mass is 15.1. The van der Waals surface area contributed by atoms with Crippen LogP contribution in [0.1, 0.15) is 283 Å². The minimum atomic E-state index is 0.618.